The molecule has 0 aromatic heterocycles. The van der Waals surface area contributed by atoms with Crippen LogP contribution in [0.4, 0.5) is 0 Å². The molecule has 1 aromatic carbocycles. The lowest BCUT2D eigenvalue weighted by atomic mass is 9.53. The molecule has 21 heavy (non-hydrogen) atoms. The van der Waals surface area contributed by atoms with Crippen molar-refractivity contribution in [3.8, 4) is 0 Å². The molecule has 2 unspecified atom stereocenters. The molecule has 3 aliphatic rings. The van der Waals surface area contributed by atoms with Crippen LogP contribution in [-0.2, 0) is 12.0 Å². The van der Waals surface area contributed by atoms with Crippen LogP contribution in [0.5, 0.6) is 0 Å². The van der Waals surface area contributed by atoms with E-state index in [9.17, 15) is 0 Å². The van der Waals surface area contributed by atoms with Gasteiger partial charge in [0, 0.05) is 0 Å². The van der Waals surface area contributed by atoms with Crippen molar-refractivity contribution >= 4 is 17.0 Å². The average molecular weight is 350 g/mol. The van der Waals surface area contributed by atoms with E-state index < -0.39 is 0 Å². The third kappa shape index (κ3) is 1.98. The molecular weight excluding hydrogens is 322 g/mol. The van der Waals surface area contributed by atoms with Gasteiger partial charge in [-0.2, -0.15) is 0 Å². The fourth-order valence-electron chi connectivity index (χ4n) is 5.82. The van der Waals surface area contributed by atoms with Gasteiger partial charge >= 0.3 is 0 Å². The number of hydrogen-bond donors (Lipinski definition) is 0. The van der Waals surface area contributed by atoms with E-state index in [1.54, 1.807) is 11.1 Å². The van der Waals surface area contributed by atoms with Crippen LogP contribution in [0.2, 0.25) is 0 Å². The van der Waals surface area contributed by atoms with E-state index in [1.165, 1.54) is 64.5 Å². The zero-order valence-corrected chi connectivity index (χ0v) is 14.9. The highest BCUT2D eigenvalue weighted by molar-refractivity contribution is 8.93. The van der Waals surface area contributed by atoms with Gasteiger partial charge < -0.3 is 0 Å². The number of likely N-dealkylation sites (tertiary alicyclic amines) is 1. The van der Waals surface area contributed by atoms with E-state index in [2.05, 4.69) is 36.1 Å². The quantitative estimate of drug-likeness (QED) is 0.719. The van der Waals surface area contributed by atoms with Crippen LogP contribution in [0.1, 0.15) is 63.0 Å². The first-order chi connectivity index (χ1) is 9.82. The number of benzene rings is 1. The van der Waals surface area contributed by atoms with E-state index in [0.717, 1.165) is 0 Å². The zero-order chi connectivity index (χ0) is 13.6. The minimum atomic E-state index is 0. The molecule has 2 atom stereocenters. The van der Waals surface area contributed by atoms with Crippen molar-refractivity contribution in [1.82, 2.24) is 4.90 Å². The fraction of sp³-hybridized carbons (Fsp3) is 0.684. The molecule has 0 bridgehead atoms. The summed E-state index contributed by atoms with van der Waals surface area (Å²) in [6, 6.07) is 9.37. The second-order valence-electron chi connectivity index (χ2n) is 7.24. The highest BCUT2D eigenvalue weighted by atomic mass is 79.9. The topological polar surface area (TPSA) is 3.24 Å². The van der Waals surface area contributed by atoms with Gasteiger partial charge in [-0.1, -0.05) is 44.0 Å². The SMILES string of the molecule is Br.CCCN1CCC23CCCCC12c1ccccc1CC3. The summed E-state index contributed by atoms with van der Waals surface area (Å²) < 4.78 is 0. The summed E-state index contributed by atoms with van der Waals surface area (Å²) >= 11 is 0. The van der Waals surface area contributed by atoms with E-state index in [-0.39, 0.29) is 17.0 Å². The predicted molar refractivity (Wildman–Crippen MR) is 94.1 cm³/mol. The summed E-state index contributed by atoms with van der Waals surface area (Å²) in [6.45, 7) is 4.96. The third-order valence-electron chi connectivity index (χ3n) is 6.55. The van der Waals surface area contributed by atoms with Crippen molar-refractivity contribution in [2.45, 2.75) is 63.8 Å². The highest BCUT2D eigenvalue weighted by Gasteiger charge is 2.61. The smallest absolute Gasteiger partial charge is 0.0520 e. The van der Waals surface area contributed by atoms with Gasteiger partial charge in [-0.15, -0.1) is 17.0 Å². The molecular formula is C19H28BrN. The molecule has 0 spiro atoms. The number of nitrogens with zero attached hydrogens (tertiary/aromatic N) is 1. The number of hydrogen-bond acceptors (Lipinski definition) is 1. The summed E-state index contributed by atoms with van der Waals surface area (Å²) in [5, 5.41) is 0. The Hall–Kier alpha value is -0.340. The monoisotopic (exact) mass is 349 g/mol. The van der Waals surface area contributed by atoms with Gasteiger partial charge in [0.25, 0.3) is 0 Å². The molecule has 0 amide bonds. The maximum Gasteiger partial charge on any atom is 0.0520 e. The maximum absolute atomic E-state index is 2.88. The molecule has 1 nitrogen and oxygen atoms in total. The van der Waals surface area contributed by atoms with Crippen LogP contribution in [0.25, 0.3) is 0 Å². The van der Waals surface area contributed by atoms with Crippen molar-refractivity contribution < 1.29 is 0 Å². The first kappa shape index (κ1) is 15.6. The summed E-state index contributed by atoms with van der Waals surface area (Å²) in [7, 11) is 0. The van der Waals surface area contributed by atoms with Crippen molar-refractivity contribution in [3.63, 3.8) is 0 Å². The lowest BCUT2D eigenvalue weighted by Gasteiger charge is -2.57. The molecule has 1 aromatic rings. The summed E-state index contributed by atoms with van der Waals surface area (Å²) in [5.74, 6) is 0. The fourth-order valence-corrected chi connectivity index (χ4v) is 5.82. The largest absolute Gasteiger partial charge is 0.293 e. The minimum Gasteiger partial charge on any atom is -0.293 e. The molecule has 1 saturated carbocycles. The number of halogens is 1. The van der Waals surface area contributed by atoms with Crippen LogP contribution >= 0.6 is 17.0 Å². The van der Waals surface area contributed by atoms with Gasteiger partial charge in [0.05, 0.1) is 5.54 Å². The normalized spacial score (nSPS) is 34.5. The van der Waals surface area contributed by atoms with Crippen LogP contribution in [0.15, 0.2) is 24.3 Å². The second kappa shape index (κ2) is 5.70. The molecule has 1 heterocycles. The minimum absolute atomic E-state index is 0. The van der Waals surface area contributed by atoms with Crippen LogP contribution in [-0.4, -0.2) is 18.0 Å². The molecule has 1 saturated heterocycles. The first-order valence-corrected chi connectivity index (χ1v) is 8.66. The molecule has 2 heteroatoms. The van der Waals surface area contributed by atoms with Gasteiger partial charge in [-0.05, 0) is 68.2 Å². The Labute approximate surface area is 139 Å². The van der Waals surface area contributed by atoms with Crippen molar-refractivity contribution in [2.75, 3.05) is 13.1 Å². The van der Waals surface area contributed by atoms with Gasteiger partial charge in [0.2, 0.25) is 0 Å². The van der Waals surface area contributed by atoms with E-state index in [4.69, 9.17) is 0 Å². The molecule has 1 aliphatic heterocycles. The molecule has 0 N–H and O–H groups in total. The molecule has 0 radical (unpaired) electrons. The molecule has 2 aliphatic carbocycles. The van der Waals surface area contributed by atoms with Gasteiger partial charge in [0.1, 0.15) is 0 Å². The van der Waals surface area contributed by atoms with Crippen LogP contribution in [0, 0.1) is 5.41 Å². The lowest BCUT2D eigenvalue weighted by Crippen LogP contribution is -2.55. The highest BCUT2D eigenvalue weighted by Crippen LogP contribution is 2.64. The molecule has 2 fully saturated rings. The van der Waals surface area contributed by atoms with Crippen LogP contribution in [0.3, 0.4) is 0 Å². The van der Waals surface area contributed by atoms with Gasteiger partial charge in [-0.3, -0.25) is 4.90 Å². The van der Waals surface area contributed by atoms with Crippen molar-refractivity contribution in [2.24, 2.45) is 5.41 Å². The van der Waals surface area contributed by atoms with Crippen molar-refractivity contribution in [3.05, 3.63) is 35.4 Å². The summed E-state index contributed by atoms with van der Waals surface area (Å²) in [4.78, 5) is 2.88. The number of fused-ring (bicyclic) bond motifs is 1. The van der Waals surface area contributed by atoms with Crippen LogP contribution < -0.4 is 0 Å². The number of aryl methyl sites for hydroxylation is 1. The average Bonchev–Trinajstić information content (AvgIpc) is 2.84. The summed E-state index contributed by atoms with van der Waals surface area (Å²) in [5.41, 5.74) is 4.36. The number of rotatable bonds is 2. The Morgan fingerprint density at radius 2 is 1.86 bits per heavy atom. The first-order valence-electron chi connectivity index (χ1n) is 8.66. The zero-order valence-electron chi connectivity index (χ0n) is 13.2. The Bertz CT molecular complexity index is 514. The Morgan fingerprint density at radius 1 is 1.05 bits per heavy atom. The van der Waals surface area contributed by atoms with Crippen molar-refractivity contribution in [1.29, 1.82) is 0 Å². The molecule has 4 rings (SSSR count). The lowest BCUT2D eigenvalue weighted by molar-refractivity contribution is -0.0258. The third-order valence-corrected chi connectivity index (χ3v) is 6.55. The maximum atomic E-state index is 2.88. The Morgan fingerprint density at radius 3 is 2.71 bits per heavy atom. The predicted octanol–water partition coefficient (Wildman–Crippen LogP) is 5.08. The Balaban J connectivity index is 0.00000132. The standard InChI is InChI=1S/C19H27N.BrH/c1-2-14-20-15-13-18-10-5-6-11-19(18,20)17-8-4-3-7-16(17)9-12-18;/h3-4,7-8H,2,5-6,9-15H2,1H3;1H. The van der Waals surface area contributed by atoms with E-state index in [1.807, 2.05) is 0 Å². The Kier molecular flexibility index (Phi) is 4.22. The summed E-state index contributed by atoms with van der Waals surface area (Å²) in [6.07, 6.45) is 11.3. The van der Waals surface area contributed by atoms with E-state index >= 15 is 0 Å². The van der Waals surface area contributed by atoms with E-state index in [0.29, 0.717) is 11.0 Å². The second-order valence-corrected chi connectivity index (χ2v) is 7.24. The molecule has 116 valence electrons. The van der Waals surface area contributed by atoms with Gasteiger partial charge in [0.15, 0.2) is 0 Å². The van der Waals surface area contributed by atoms with Gasteiger partial charge in [-0.25, -0.2) is 0 Å².